The average molecular weight is 221 g/mol. The van der Waals surface area contributed by atoms with Crippen molar-refractivity contribution in [3.05, 3.63) is 29.8 Å². The van der Waals surface area contributed by atoms with Crippen LogP contribution in [0.5, 0.6) is 5.75 Å². The van der Waals surface area contributed by atoms with Crippen molar-refractivity contribution in [3.63, 3.8) is 0 Å². The minimum absolute atomic E-state index is 0.648. The lowest BCUT2D eigenvalue weighted by Crippen LogP contribution is -2.23. The maximum absolute atomic E-state index is 5.34. The molecule has 2 heteroatoms. The van der Waals surface area contributed by atoms with Crippen LogP contribution < -0.4 is 10.1 Å². The first-order chi connectivity index (χ1) is 7.81. The van der Waals surface area contributed by atoms with E-state index >= 15 is 0 Å². The first kappa shape index (κ1) is 13.0. The molecule has 1 N–H and O–H groups in total. The Morgan fingerprint density at radius 3 is 2.69 bits per heavy atom. The van der Waals surface area contributed by atoms with Gasteiger partial charge in [0.25, 0.3) is 0 Å². The number of hydrogen-bond acceptors (Lipinski definition) is 2. The fourth-order valence-corrected chi connectivity index (χ4v) is 2.00. The minimum Gasteiger partial charge on any atom is -0.496 e. The molecule has 0 heterocycles. The molecule has 0 radical (unpaired) electrons. The molecule has 2 nitrogen and oxygen atoms in total. The molecule has 0 spiro atoms. The number of hydrogen-bond donors (Lipinski definition) is 1. The zero-order valence-electron chi connectivity index (χ0n) is 10.6. The quantitative estimate of drug-likeness (QED) is 0.764. The molecule has 1 aromatic carbocycles. The Morgan fingerprint density at radius 2 is 2.06 bits per heavy atom. The zero-order valence-corrected chi connectivity index (χ0v) is 10.6. The molecule has 0 aliphatic rings. The van der Waals surface area contributed by atoms with Gasteiger partial charge in [0.1, 0.15) is 5.75 Å². The second-order valence-electron chi connectivity index (χ2n) is 4.10. The third-order valence-electron chi connectivity index (χ3n) is 3.09. The third-order valence-corrected chi connectivity index (χ3v) is 3.09. The summed E-state index contributed by atoms with van der Waals surface area (Å²) in [4.78, 5) is 0. The van der Waals surface area contributed by atoms with Gasteiger partial charge in [-0.2, -0.15) is 0 Å². The molecule has 0 aliphatic heterocycles. The summed E-state index contributed by atoms with van der Waals surface area (Å²) in [5.41, 5.74) is 1.32. The summed E-state index contributed by atoms with van der Waals surface area (Å²) in [5.74, 6) is 1.01. The second kappa shape index (κ2) is 7.29. The molecule has 90 valence electrons. The van der Waals surface area contributed by atoms with E-state index in [0.717, 1.165) is 12.2 Å². The third kappa shape index (κ3) is 3.86. The molecule has 1 aromatic rings. The molecule has 1 unspecified atom stereocenters. The highest BCUT2D eigenvalue weighted by Gasteiger charge is 2.05. The molecule has 0 saturated heterocycles. The molecular formula is C14H23NO. The summed E-state index contributed by atoms with van der Waals surface area (Å²) in [6.45, 7) is 2.23. The van der Waals surface area contributed by atoms with Gasteiger partial charge in [-0.15, -0.1) is 0 Å². The maximum atomic E-state index is 5.34. The Hall–Kier alpha value is -1.02. The van der Waals surface area contributed by atoms with E-state index in [2.05, 4.69) is 24.4 Å². The van der Waals surface area contributed by atoms with Crippen LogP contribution in [0.3, 0.4) is 0 Å². The van der Waals surface area contributed by atoms with Crippen molar-refractivity contribution < 1.29 is 4.74 Å². The van der Waals surface area contributed by atoms with Gasteiger partial charge < -0.3 is 10.1 Å². The smallest absolute Gasteiger partial charge is 0.122 e. The van der Waals surface area contributed by atoms with Crippen molar-refractivity contribution >= 4 is 0 Å². The molecular weight excluding hydrogens is 198 g/mol. The summed E-state index contributed by atoms with van der Waals surface area (Å²) in [5, 5.41) is 3.34. The maximum Gasteiger partial charge on any atom is 0.122 e. The first-order valence-corrected chi connectivity index (χ1v) is 6.11. The topological polar surface area (TPSA) is 21.3 Å². The van der Waals surface area contributed by atoms with E-state index in [0.29, 0.717) is 6.04 Å². The SMILES string of the molecule is CCC(CCCc1ccccc1OC)NC. The van der Waals surface area contributed by atoms with Crippen LogP contribution in [0.4, 0.5) is 0 Å². The van der Waals surface area contributed by atoms with Gasteiger partial charge in [0, 0.05) is 6.04 Å². The summed E-state index contributed by atoms with van der Waals surface area (Å²) in [6.07, 6.45) is 4.73. The van der Waals surface area contributed by atoms with Gasteiger partial charge in [-0.1, -0.05) is 25.1 Å². The highest BCUT2D eigenvalue weighted by molar-refractivity contribution is 5.33. The van der Waals surface area contributed by atoms with E-state index in [-0.39, 0.29) is 0 Å². The van der Waals surface area contributed by atoms with Gasteiger partial charge >= 0.3 is 0 Å². The molecule has 1 atom stereocenters. The van der Waals surface area contributed by atoms with Gasteiger partial charge in [-0.3, -0.25) is 0 Å². The molecule has 0 aliphatic carbocycles. The Kier molecular flexibility index (Phi) is 5.94. The van der Waals surface area contributed by atoms with Crippen LogP contribution in [0.25, 0.3) is 0 Å². The van der Waals surface area contributed by atoms with Gasteiger partial charge in [-0.25, -0.2) is 0 Å². The number of aryl methyl sites for hydroxylation is 1. The van der Waals surface area contributed by atoms with Crippen molar-refractivity contribution in [1.29, 1.82) is 0 Å². The standard InChI is InChI=1S/C14H23NO/c1-4-13(15-2)10-7-9-12-8-5-6-11-14(12)16-3/h5-6,8,11,13,15H,4,7,9-10H2,1-3H3. The van der Waals surface area contributed by atoms with Crippen LogP contribution in [-0.2, 0) is 6.42 Å². The predicted molar refractivity (Wildman–Crippen MR) is 69.1 cm³/mol. The molecule has 0 saturated carbocycles. The zero-order chi connectivity index (χ0) is 11.8. The van der Waals surface area contributed by atoms with E-state index in [4.69, 9.17) is 4.74 Å². The van der Waals surface area contributed by atoms with Crippen LogP contribution >= 0.6 is 0 Å². The number of nitrogens with one attached hydrogen (secondary N) is 1. The summed E-state index contributed by atoms with van der Waals surface area (Å²) in [6, 6.07) is 8.93. The minimum atomic E-state index is 0.648. The number of para-hydroxylation sites is 1. The molecule has 16 heavy (non-hydrogen) atoms. The fraction of sp³-hybridized carbons (Fsp3) is 0.571. The Morgan fingerprint density at radius 1 is 1.31 bits per heavy atom. The molecule has 0 fully saturated rings. The Labute approximate surface area is 99.0 Å². The second-order valence-corrected chi connectivity index (χ2v) is 4.10. The summed E-state index contributed by atoms with van der Waals surface area (Å²) >= 11 is 0. The fourth-order valence-electron chi connectivity index (χ4n) is 2.00. The van der Waals surface area contributed by atoms with Crippen LogP contribution in [0.15, 0.2) is 24.3 Å². The lowest BCUT2D eigenvalue weighted by atomic mass is 10.0. The molecule has 1 rings (SSSR count). The van der Waals surface area contributed by atoms with Crippen LogP contribution in [0, 0.1) is 0 Å². The molecule has 0 bridgehead atoms. The van der Waals surface area contributed by atoms with Gasteiger partial charge in [0.05, 0.1) is 7.11 Å². The molecule has 0 aromatic heterocycles. The Bertz CT molecular complexity index is 295. The van der Waals surface area contributed by atoms with E-state index in [9.17, 15) is 0 Å². The van der Waals surface area contributed by atoms with E-state index < -0.39 is 0 Å². The van der Waals surface area contributed by atoms with Gasteiger partial charge in [0.2, 0.25) is 0 Å². The lowest BCUT2D eigenvalue weighted by Gasteiger charge is -2.14. The van der Waals surface area contributed by atoms with Crippen LogP contribution in [0.2, 0.25) is 0 Å². The van der Waals surface area contributed by atoms with Crippen molar-refractivity contribution in [3.8, 4) is 5.75 Å². The highest BCUT2D eigenvalue weighted by atomic mass is 16.5. The van der Waals surface area contributed by atoms with Crippen molar-refractivity contribution in [2.45, 2.75) is 38.6 Å². The highest BCUT2D eigenvalue weighted by Crippen LogP contribution is 2.19. The normalized spacial score (nSPS) is 12.4. The van der Waals surface area contributed by atoms with Gasteiger partial charge in [-0.05, 0) is 44.4 Å². The van der Waals surface area contributed by atoms with Crippen LogP contribution in [0.1, 0.15) is 31.7 Å². The molecule has 0 amide bonds. The van der Waals surface area contributed by atoms with Crippen molar-refractivity contribution in [1.82, 2.24) is 5.32 Å². The predicted octanol–water partition coefficient (Wildman–Crippen LogP) is 3.02. The van der Waals surface area contributed by atoms with Crippen LogP contribution in [-0.4, -0.2) is 20.2 Å². The number of ether oxygens (including phenoxy) is 1. The number of benzene rings is 1. The van der Waals surface area contributed by atoms with Gasteiger partial charge in [0.15, 0.2) is 0 Å². The Balaban J connectivity index is 2.42. The van der Waals surface area contributed by atoms with E-state index in [1.165, 1.54) is 24.8 Å². The monoisotopic (exact) mass is 221 g/mol. The number of methoxy groups -OCH3 is 1. The van der Waals surface area contributed by atoms with Crippen molar-refractivity contribution in [2.75, 3.05) is 14.2 Å². The van der Waals surface area contributed by atoms with E-state index in [1.807, 2.05) is 19.2 Å². The average Bonchev–Trinajstić information content (AvgIpc) is 2.35. The van der Waals surface area contributed by atoms with E-state index in [1.54, 1.807) is 7.11 Å². The largest absolute Gasteiger partial charge is 0.496 e. The van der Waals surface area contributed by atoms with Crippen molar-refractivity contribution in [2.24, 2.45) is 0 Å². The lowest BCUT2D eigenvalue weighted by molar-refractivity contribution is 0.407. The summed E-state index contributed by atoms with van der Waals surface area (Å²) in [7, 11) is 3.78. The first-order valence-electron chi connectivity index (χ1n) is 6.11. The summed E-state index contributed by atoms with van der Waals surface area (Å²) < 4.78 is 5.34. The number of rotatable bonds is 7.